The third-order valence-corrected chi connectivity index (χ3v) is 2.61. The van der Waals surface area contributed by atoms with Gasteiger partial charge in [0.2, 0.25) is 0 Å². The molecule has 0 fully saturated rings. The molecule has 86 valence electrons. The van der Waals surface area contributed by atoms with Crippen LogP contribution in [0.1, 0.15) is 21.5 Å². The molecule has 1 amide bonds. The van der Waals surface area contributed by atoms with Crippen molar-refractivity contribution < 1.29 is 4.79 Å². The molecular weight excluding hydrogens is 212 g/mol. The minimum Gasteiger partial charge on any atom is -0.348 e. The van der Waals surface area contributed by atoms with E-state index in [1.54, 1.807) is 24.5 Å². The van der Waals surface area contributed by atoms with Gasteiger partial charge in [0, 0.05) is 24.5 Å². The summed E-state index contributed by atoms with van der Waals surface area (Å²) in [6.07, 6.45) is 3.53. The minimum absolute atomic E-state index is 0.0539. The van der Waals surface area contributed by atoms with Gasteiger partial charge in [-0.3, -0.25) is 9.78 Å². The molecule has 17 heavy (non-hydrogen) atoms. The maximum Gasteiger partial charge on any atom is 0.251 e. The van der Waals surface area contributed by atoms with Crippen molar-refractivity contribution in [1.29, 1.82) is 0 Å². The summed E-state index contributed by atoms with van der Waals surface area (Å²) < 4.78 is 0. The van der Waals surface area contributed by atoms with Crippen LogP contribution < -0.4 is 5.32 Å². The van der Waals surface area contributed by atoms with Crippen LogP contribution in [0, 0.1) is 6.92 Å². The van der Waals surface area contributed by atoms with E-state index in [0.29, 0.717) is 12.1 Å². The molecule has 0 saturated heterocycles. The van der Waals surface area contributed by atoms with Gasteiger partial charge in [-0.1, -0.05) is 18.2 Å². The molecule has 1 aromatic carbocycles. The summed E-state index contributed by atoms with van der Waals surface area (Å²) in [6, 6.07) is 11.1. The molecule has 1 N–H and O–H groups in total. The van der Waals surface area contributed by atoms with Gasteiger partial charge >= 0.3 is 0 Å². The van der Waals surface area contributed by atoms with Gasteiger partial charge in [-0.05, 0) is 36.2 Å². The molecule has 0 unspecified atom stereocenters. The zero-order valence-corrected chi connectivity index (χ0v) is 9.68. The lowest BCUT2D eigenvalue weighted by Gasteiger charge is -2.07. The molecule has 0 spiro atoms. The molecule has 2 aromatic rings. The Hall–Kier alpha value is -2.16. The van der Waals surface area contributed by atoms with Gasteiger partial charge in [0.1, 0.15) is 0 Å². The van der Waals surface area contributed by atoms with E-state index in [9.17, 15) is 4.79 Å². The summed E-state index contributed by atoms with van der Waals surface area (Å²) in [6.45, 7) is 2.51. The van der Waals surface area contributed by atoms with Crippen LogP contribution in [0.2, 0.25) is 0 Å². The molecule has 0 atom stereocenters. The van der Waals surface area contributed by atoms with Crippen molar-refractivity contribution in [3.05, 3.63) is 65.5 Å². The van der Waals surface area contributed by atoms with Crippen LogP contribution in [0.15, 0.2) is 48.8 Å². The molecule has 3 nitrogen and oxygen atoms in total. The Bertz CT molecular complexity index is 509. The maximum absolute atomic E-state index is 11.8. The Kier molecular flexibility index (Phi) is 3.50. The first-order valence-electron chi connectivity index (χ1n) is 5.50. The van der Waals surface area contributed by atoms with Gasteiger partial charge in [0.05, 0.1) is 0 Å². The molecule has 2 rings (SSSR count). The lowest BCUT2D eigenvalue weighted by Crippen LogP contribution is -2.23. The zero-order chi connectivity index (χ0) is 12.1. The van der Waals surface area contributed by atoms with Crippen molar-refractivity contribution in [1.82, 2.24) is 10.3 Å². The zero-order valence-electron chi connectivity index (χ0n) is 9.68. The number of hydrogen-bond donors (Lipinski definition) is 1. The van der Waals surface area contributed by atoms with E-state index in [-0.39, 0.29) is 5.91 Å². The highest BCUT2D eigenvalue weighted by molar-refractivity contribution is 5.94. The van der Waals surface area contributed by atoms with E-state index >= 15 is 0 Å². The molecule has 1 heterocycles. The van der Waals surface area contributed by atoms with Crippen molar-refractivity contribution in [2.24, 2.45) is 0 Å². The quantitative estimate of drug-likeness (QED) is 0.872. The second-order valence-electron chi connectivity index (χ2n) is 3.85. The van der Waals surface area contributed by atoms with Crippen LogP contribution >= 0.6 is 0 Å². The third kappa shape index (κ3) is 2.91. The monoisotopic (exact) mass is 226 g/mol. The van der Waals surface area contributed by atoms with Crippen LogP contribution in [0.5, 0.6) is 0 Å². The van der Waals surface area contributed by atoms with E-state index in [2.05, 4.69) is 10.3 Å². The van der Waals surface area contributed by atoms with Gasteiger partial charge < -0.3 is 5.32 Å². The number of rotatable bonds is 3. The van der Waals surface area contributed by atoms with E-state index in [0.717, 1.165) is 11.1 Å². The summed E-state index contributed by atoms with van der Waals surface area (Å²) >= 11 is 0. The summed E-state index contributed by atoms with van der Waals surface area (Å²) in [4.78, 5) is 15.8. The number of pyridine rings is 1. The summed E-state index contributed by atoms with van der Waals surface area (Å²) in [5.74, 6) is -0.0539. The van der Waals surface area contributed by atoms with Gasteiger partial charge in [-0.2, -0.15) is 0 Å². The van der Waals surface area contributed by atoms with Crippen LogP contribution in [-0.4, -0.2) is 10.9 Å². The second kappa shape index (κ2) is 5.25. The number of hydrogen-bond acceptors (Lipinski definition) is 2. The Morgan fingerprint density at radius 1 is 1.24 bits per heavy atom. The van der Waals surface area contributed by atoms with Gasteiger partial charge in [-0.25, -0.2) is 0 Å². The average molecular weight is 226 g/mol. The molecule has 0 bridgehead atoms. The van der Waals surface area contributed by atoms with Gasteiger partial charge in [-0.15, -0.1) is 0 Å². The number of nitrogens with zero attached hydrogens (tertiary/aromatic N) is 1. The lowest BCUT2D eigenvalue weighted by atomic mass is 10.1. The van der Waals surface area contributed by atoms with Gasteiger partial charge in [0.15, 0.2) is 0 Å². The molecule has 0 saturated carbocycles. The Labute approximate surface area is 101 Å². The fourth-order valence-electron chi connectivity index (χ4n) is 1.57. The first-order chi connectivity index (χ1) is 8.27. The highest BCUT2D eigenvalue weighted by Crippen LogP contribution is 2.05. The summed E-state index contributed by atoms with van der Waals surface area (Å²) in [5, 5.41) is 2.89. The van der Waals surface area contributed by atoms with E-state index < -0.39 is 0 Å². The summed E-state index contributed by atoms with van der Waals surface area (Å²) in [7, 11) is 0. The highest BCUT2D eigenvalue weighted by Gasteiger charge is 2.04. The predicted octanol–water partition coefficient (Wildman–Crippen LogP) is 2.32. The number of aromatic nitrogens is 1. The topological polar surface area (TPSA) is 42.0 Å². The van der Waals surface area contributed by atoms with Crippen molar-refractivity contribution in [2.75, 3.05) is 0 Å². The molecule has 1 aromatic heterocycles. The minimum atomic E-state index is -0.0539. The van der Waals surface area contributed by atoms with Crippen molar-refractivity contribution in [3.8, 4) is 0 Å². The largest absolute Gasteiger partial charge is 0.348 e. The average Bonchev–Trinajstić information content (AvgIpc) is 2.38. The van der Waals surface area contributed by atoms with Crippen LogP contribution in [0.4, 0.5) is 0 Å². The van der Waals surface area contributed by atoms with Gasteiger partial charge in [0.25, 0.3) is 5.91 Å². The number of carbonyl (C=O) groups excluding carboxylic acids is 1. The normalized spacial score (nSPS) is 9.94. The Morgan fingerprint density at radius 2 is 2.00 bits per heavy atom. The number of nitrogens with one attached hydrogen (secondary N) is 1. The van der Waals surface area contributed by atoms with Crippen LogP contribution in [0.3, 0.4) is 0 Å². The van der Waals surface area contributed by atoms with Crippen molar-refractivity contribution >= 4 is 5.91 Å². The molecular formula is C14H14N2O. The molecule has 0 radical (unpaired) electrons. The fourth-order valence-corrected chi connectivity index (χ4v) is 1.57. The first-order valence-corrected chi connectivity index (χ1v) is 5.50. The van der Waals surface area contributed by atoms with Crippen LogP contribution in [0.25, 0.3) is 0 Å². The molecule has 0 aliphatic heterocycles. The molecule has 0 aliphatic rings. The van der Waals surface area contributed by atoms with E-state index in [4.69, 9.17) is 0 Å². The second-order valence-corrected chi connectivity index (χ2v) is 3.85. The maximum atomic E-state index is 11.8. The fraction of sp³-hybridized carbons (Fsp3) is 0.143. The smallest absolute Gasteiger partial charge is 0.251 e. The molecule has 3 heteroatoms. The number of benzene rings is 1. The number of carbonyl (C=O) groups is 1. The standard InChI is InChI=1S/C14H14N2O/c1-11-9-15-8-7-13(11)10-16-14(17)12-5-3-2-4-6-12/h2-9H,10H2,1H3,(H,16,17). The summed E-state index contributed by atoms with van der Waals surface area (Å²) in [5.41, 5.74) is 2.85. The Morgan fingerprint density at radius 3 is 2.71 bits per heavy atom. The number of aryl methyl sites for hydroxylation is 1. The Balaban J connectivity index is 2.00. The first kappa shape index (κ1) is 11.3. The van der Waals surface area contributed by atoms with E-state index in [1.165, 1.54) is 0 Å². The molecule has 0 aliphatic carbocycles. The van der Waals surface area contributed by atoms with Crippen LogP contribution in [-0.2, 0) is 6.54 Å². The van der Waals surface area contributed by atoms with E-state index in [1.807, 2.05) is 31.2 Å². The number of amides is 1. The highest BCUT2D eigenvalue weighted by atomic mass is 16.1. The van der Waals surface area contributed by atoms with Crippen molar-refractivity contribution in [3.63, 3.8) is 0 Å². The van der Waals surface area contributed by atoms with Crippen molar-refractivity contribution in [2.45, 2.75) is 13.5 Å². The SMILES string of the molecule is Cc1cnccc1CNC(=O)c1ccccc1. The lowest BCUT2D eigenvalue weighted by molar-refractivity contribution is 0.0951. The predicted molar refractivity (Wildman–Crippen MR) is 66.6 cm³/mol. The third-order valence-electron chi connectivity index (χ3n) is 2.61.